The van der Waals surface area contributed by atoms with Crippen molar-refractivity contribution in [3.63, 3.8) is 0 Å². The Bertz CT molecular complexity index is 1790. The van der Waals surface area contributed by atoms with Gasteiger partial charge in [-0.25, -0.2) is 0 Å². The average Bonchev–Trinajstić information content (AvgIpc) is 0.958. The molecule has 14 nitrogen and oxygen atoms in total. The number of carbonyl (C=O) groups excluding carboxylic acids is 1. The van der Waals surface area contributed by atoms with Crippen LogP contribution in [0.25, 0.3) is 0 Å². The van der Waals surface area contributed by atoms with Crippen LogP contribution in [0.1, 0.15) is 341 Å². The summed E-state index contributed by atoms with van der Waals surface area (Å²) < 4.78 is 22.9. The summed E-state index contributed by atoms with van der Waals surface area (Å²) in [5.74, 6) is -0.200. The first-order valence-electron chi connectivity index (χ1n) is 39.0. The van der Waals surface area contributed by atoms with Crippen molar-refractivity contribution in [1.82, 2.24) is 5.32 Å². The highest BCUT2D eigenvalue weighted by Crippen LogP contribution is 2.30. The number of hydrogen-bond donors (Lipinski definition) is 9. The lowest BCUT2D eigenvalue weighted by atomic mass is 9.97. The van der Waals surface area contributed by atoms with Gasteiger partial charge < -0.3 is 65.1 Å². The fraction of sp³-hybridized carbons (Fsp3) is 0.861. The van der Waals surface area contributed by atoms with Gasteiger partial charge in [-0.1, -0.05) is 338 Å². The van der Waals surface area contributed by atoms with Gasteiger partial charge in [-0.05, 0) is 57.8 Å². The van der Waals surface area contributed by atoms with E-state index in [2.05, 4.69) is 79.9 Å². The van der Waals surface area contributed by atoms with Crippen molar-refractivity contribution in [2.45, 2.75) is 415 Å². The molecule has 0 bridgehead atoms. The summed E-state index contributed by atoms with van der Waals surface area (Å²) in [5, 5.41) is 87.7. The first-order chi connectivity index (χ1) is 45.6. The molecule has 2 fully saturated rings. The van der Waals surface area contributed by atoms with Gasteiger partial charge in [0, 0.05) is 6.42 Å². The SMILES string of the molecule is CC/C=C\C/C=C\C/C=C\C/C=C\C/C=C\CCCCCCCCCCCCCCCCCCCCCCCCCCCC(=O)NC(COC1OC(CO)C(OC2OC(CO)C(O)C(O)C2O)C(O)C1O)C(O)CCCCCCCCCCCCCCCCCCCC. The molecule has 14 heteroatoms. The normalized spacial score (nSPS) is 22.9. The molecule has 1 amide bonds. The predicted molar refractivity (Wildman–Crippen MR) is 383 cm³/mol. The number of allylic oxidation sites excluding steroid dienone is 10. The van der Waals surface area contributed by atoms with Crippen molar-refractivity contribution in [2.24, 2.45) is 0 Å². The van der Waals surface area contributed by atoms with Gasteiger partial charge >= 0.3 is 0 Å². The second-order valence-electron chi connectivity index (χ2n) is 27.5. The zero-order chi connectivity index (χ0) is 67.3. The molecule has 0 saturated carbocycles. The van der Waals surface area contributed by atoms with E-state index in [1.54, 1.807) is 0 Å². The second-order valence-corrected chi connectivity index (χ2v) is 27.5. The average molecular weight is 1320 g/mol. The fourth-order valence-corrected chi connectivity index (χ4v) is 12.9. The van der Waals surface area contributed by atoms with Crippen LogP contribution in [0.15, 0.2) is 60.8 Å². The van der Waals surface area contributed by atoms with E-state index in [0.29, 0.717) is 12.8 Å². The molecule has 0 aromatic heterocycles. The Kier molecular flexibility index (Phi) is 58.9. The van der Waals surface area contributed by atoms with E-state index in [1.807, 2.05) is 0 Å². The minimum absolute atomic E-state index is 0.200. The highest BCUT2D eigenvalue weighted by atomic mass is 16.7. The summed E-state index contributed by atoms with van der Waals surface area (Å²) in [6, 6.07) is -0.828. The van der Waals surface area contributed by atoms with Gasteiger partial charge in [0.25, 0.3) is 0 Å². The lowest BCUT2D eigenvalue weighted by molar-refractivity contribution is -0.359. The summed E-state index contributed by atoms with van der Waals surface area (Å²) in [4.78, 5) is 13.4. The van der Waals surface area contributed by atoms with Gasteiger partial charge in [0.2, 0.25) is 5.91 Å². The van der Waals surface area contributed by atoms with Gasteiger partial charge in [0.1, 0.15) is 48.8 Å². The Labute approximate surface area is 568 Å². The predicted octanol–water partition coefficient (Wildman–Crippen LogP) is 17.2. The van der Waals surface area contributed by atoms with E-state index >= 15 is 0 Å². The summed E-state index contributed by atoms with van der Waals surface area (Å²) in [7, 11) is 0. The monoisotopic (exact) mass is 1320 g/mol. The van der Waals surface area contributed by atoms with Crippen molar-refractivity contribution in [2.75, 3.05) is 19.8 Å². The van der Waals surface area contributed by atoms with E-state index in [9.17, 15) is 45.6 Å². The van der Waals surface area contributed by atoms with Crippen LogP contribution in [-0.2, 0) is 23.7 Å². The number of unbranched alkanes of at least 4 members (excludes halogenated alkanes) is 42. The lowest BCUT2D eigenvalue weighted by Crippen LogP contribution is -2.65. The Hall–Kier alpha value is -2.31. The maximum absolute atomic E-state index is 13.4. The van der Waals surface area contributed by atoms with Crippen LogP contribution in [0.5, 0.6) is 0 Å². The molecule has 12 unspecified atom stereocenters. The van der Waals surface area contributed by atoms with Gasteiger partial charge in [-0.15, -0.1) is 0 Å². The standard InChI is InChI=1S/C79H145NO13/c1-3-5-7-9-11-13-15-17-19-21-23-24-25-26-27-28-29-30-31-32-33-34-35-36-37-38-39-40-41-42-43-44-45-47-49-51-53-55-57-59-61-63-71(84)80-67(68(83)62-60-58-56-54-52-50-48-46-22-20-18-16-14-12-10-8-6-4-2)66-90-78-76(89)74(87)77(70(65-82)92-78)93-79-75(88)73(86)72(85)69(64-81)91-79/h5,7,11,13,17,19,23-24,26-27,67-70,72-79,81-83,85-89H,3-4,6,8-10,12,14-16,18,20-22,25,28-66H2,1-2H3,(H,80,84)/b7-5-,13-11-,19-17-,24-23-,27-26-. The van der Waals surface area contributed by atoms with E-state index in [4.69, 9.17) is 18.9 Å². The Morgan fingerprint density at radius 1 is 0.398 bits per heavy atom. The lowest BCUT2D eigenvalue weighted by Gasteiger charge is -2.46. The van der Waals surface area contributed by atoms with Crippen LogP contribution in [0.3, 0.4) is 0 Å². The zero-order valence-corrected chi connectivity index (χ0v) is 59.5. The van der Waals surface area contributed by atoms with Crippen molar-refractivity contribution in [3.05, 3.63) is 60.8 Å². The van der Waals surface area contributed by atoms with Crippen LogP contribution in [0.2, 0.25) is 0 Å². The third-order valence-electron chi connectivity index (χ3n) is 19.0. The molecule has 12 atom stereocenters. The second kappa shape index (κ2) is 63.2. The van der Waals surface area contributed by atoms with Crippen LogP contribution in [0, 0.1) is 0 Å². The number of ether oxygens (including phenoxy) is 4. The van der Waals surface area contributed by atoms with Crippen molar-refractivity contribution in [3.8, 4) is 0 Å². The molecule has 2 saturated heterocycles. The Morgan fingerprint density at radius 3 is 1.14 bits per heavy atom. The number of hydrogen-bond acceptors (Lipinski definition) is 13. The van der Waals surface area contributed by atoms with Crippen molar-refractivity contribution < 1.29 is 64.6 Å². The van der Waals surface area contributed by atoms with E-state index in [-0.39, 0.29) is 12.5 Å². The number of amides is 1. The third-order valence-corrected chi connectivity index (χ3v) is 19.0. The molecule has 2 aliphatic rings. The van der Waals surface area contributed by atoms with Crippen LogP contribution in [0.4, 0.5) is 0 Å². The number of nitrogens with one attached hydrogen (secondary N) is 1. The van der Waals surface area contributed by atoms with Crippen LogP contribution < -0.4 is 5.32 Å². The number of aliphatic hydroxyl groups is 8. The summed E-state index contributed by atoms with van der Waals surface area (Å²) in [6.07, 6.45) is 68.4. The summed E-state index contributed by atoms with van der Waals surface area (Å²) >= 11 is 0. The Balaban J connectivity index is 1.54. The molecule has 0 spiro atoms. The third kappa shape index (κ3) is 46.6. The first-order valence-corrected chi connectivity index (χ1v) is 39.0. The van der Waals surface area contributed by atoms with E-state index in [1.165, 1.54) is 231 Å². The molecular formula is C79H145NO13. The first kappa shape index (κ1) is 86.8. The molecule has 0 aromatic carbocycles. The molecule has 0 radical (unpaired) electrons. The molecule has 0 aliphatic carbocycles. The number of carbonyl (C=O) groups is 1. The molecule has 0 aromatic rings. The van der Waals surface area contributed by atoms with Gasteiger partial charge in [0.15, 0.2) is 12.6 Å². The van der Waals surface area contributed by atoms with Gasteiger partial charge in [-0.2, -0.15) is 0 Å². The number of rotatable bonds is 65. The van der Waals surface area contributed by atoms with Crippen molar-refractivity contribution >= 4 is 5.91 Å². The molecule has 2 aliphatic heterocycles. The quantitative estimate of drug-likeness (QED) is 0.0204. The topological polar surface area (TPSA) is 228 Å². The summed E-state index contributed by atoms with van der Waals surface area (Å²) in [6.45, 7) is 2.79. The molecule has 9 N–H and O–H groups in total. The van der Waals surface area contributed by atoms with Crippen molar-refractivity contribution in [1.29, 1.82) is 0 Å². The molecule has 93 heavy (non-hydrogen) atoms. The maximum atomic E-state index is 13.4. The Morgan fingerprint density at radius 2 is 0.742 bits per heavy atom. The minimum Gasteiger partial charge on any atom is -0.394 e. The van der Waals surface area contributed by atoms with E-state index in [0.717, 1.165) is 83.5 Å². The summed E-state index contributed by atoms with van der Waals surface area (Å²) in [5.41, 5.74) is 0. The molecule has 544 valence electrons. The molecular weight excluding hydrogens is 1170 g/mol. The maximum Gasteiger partial charge on any atom is 0.220 e. The number of aliphatic hydroxyl groups excluding tert-OH is 8. The highest BCUT2D eigenvalue weighted by molar-refractivity contribution is 5.76. The highest BCUT2D eigenvalue weighted by Gasteiger charge is 2.51. The molecule has 2 heterocycles. The van der Waals surface area contributed by atoms with E-state index < -0.39 is 86.8 Å². The minimum atomic E-state index is -1.78. The smallest absolute Gasteiger partial charge is 0.220 e. The zero-order valence-electron chi connectivity index (χ0n) is 59.5. The molecule has 2 rings (SSSR count). The fourth-order valence-electron chi connectivity index (χ4n) is 12.9. The van der Waals surface area contributed by atoms with Gasteiger partial charge in [-0.3, -0.25) is 4.79 Å². The van der Waals surface area contributed by atoms with Crippen LogP contribution in [-0.4, -0.2) is 140 Å². The van der Waals surface area contributed by atoms with Crippen LogP contribution >= 0.6 is 0 Å². The largest absolute Gasteiger partial charge is 0.394 e. The van der Waals surface area contributed by atoms with Gasteiger partial charge in [0.05, 0.1) is 32.0 Å².